The van der Waals surface area contributed by atoms with Crippen LogP contribution in [0.4, 0.5) is 13.2 Å². The summed E-state index contributed by atoms with van der Waals surface area (Å²) in [6, 6.07) is 15.2. The summed E-state index contributed by atoms with van der Waals surface area (Å²) in [7, 11) is 1.40. The van der Waals surface area contributed by atoms with Crippen LogP contribution in [0.2, 0.25) is 0 Å². The van der Waals surface area contributed by atoms with Crippen molar-refractivity contribution in [2.24, 2.45) is 11.8 Å². The Bertz CT molecular complexity index is 1910. The molecule has 0 aliphatic heterocycles. The fourth-order valence-corrected chi connectivity index (χ4v) is 6.15. The summed E-state index contributed by atoms with van der Waals surface area (Å²) in [6.07, 6.45) is 3.87. The van der Waals surface area contributed by atoms with Crippen LogP contribution in [0.15, 0.2) is 97.1 Å². The van der Waals surface area contributed by atoms with Crippen molar-refractivity contribution in [1.82, 2.24) is 5.32 Å². The molecule has 3 aromatic carbocycles. The van der Waals surface area contributed by atoms with Crippen molar-refractivity contribution < 1.29 is 61.8 Å². The lowest BCUT2D eigenvalue weighted by molar-refractivity contribution is -0.139. The molecule has 1 amide bonds. The van der Waals surface area contributed by atoms with Crippen LogP contribution in [0.1, 0.15) is 55.7 Å². The molecule has 0 aromatic heterocycles. The first kappa shape index (κ1) is 44.3. The zero-order valence-corrected chi connectivity index (χ0v) is 31.9. The van der Waals surface area contributed by atoms with Crippen LogP contribution in [0, 0.1) is 18.8 Å². The van der Waals surface area contributed by atoms with E-state index in [0.717, 1.165) is 17.7 Å². The number of allylic oxidation sites excluding steroid dienone is 2. The largest absolute Gasteiger partial charge is 0.493 e. The molecule has 0 bridgehead atoms. The number of aliphatic hydroxyl groups excluding tert-OH is 3. The van der Waals surface area contributed by atoms with Gasteiger partial charge in [-0.05, 0) is 98.7 Å². The van der Waals surface area contributed by atoms with Gasteiger partial charge in [0.05, 0.1) is 24.9 Å². The number of aryl methyl sites for hydroxylation is 1. The second-order valence-electron chi connectivity index (χ2n) is 13.7. The van der Waals surface area contributed by atoms with Crippen molar-refractivity contribution in [3.8, 4) is 23.0 Å². The number of hydrogen-bond donors (Lipinski definition) is 4. The second kappa shape index (κ2) is 21.2. The molecule has 11 nitrogen and oxygen atoms in total. The summed E-state index contributed by atoms with van der Waals surface area (Å²) >= 11 is 0. The Hall–Kier alpha value is -5.44. The van der Waals surface area contributed by atoms with Crippen LogP contribution >= 0.6 is 0 Å². The second-order valence-corrected chi connectivity index (χ2v) is 13.7. The van der Waals surface area contributed by atoms with E-state index in [-0.39, 0.29) is 48.5 Å². The van der Waals surface area contributed by atoms with Gasteiger partial charge >= 0.3 is 18.1 Å². The zero-order valence-electron chi connectivity index (χ0n) is 31.9. The van der Waals surface area contributed by atoms with Gasteiger partial charge in [-0.2, -0.15) is 13.2 Å². The van der Waals surface area contributed by atoms with E-state index in [1.165, 1.54) is 50.5 Å². The summed E-state index contributed by atoms with van der Waals surface area (Å²) < 4.78 is 60.3. The van der Waals surface area contributed by atoms with Crippen molar-refractivity contribution in [2.75, 3.05) is 13.7 Å². The SMILES string of the molecule is COc1cc(/C=C/C(=O)Oc2cccc(C)c2)ccc1OC(=O)C(C)NC(=O)CCC/C=C\C[C@@H]1[C@@H](/C=C/[C@@H](O)COc2cccc(C(F)(F)F)c2)[C@H](O)C[C@@H]1O. The van der Waals surface area contributed by atoms with E-state index >= 15 is 0 Å². The number of methoxy groups -OCH3 is 1. The van der Waals surface area contributed by atoms with Crippen LogP contribution in [-0.2, 0) is 20.6 Å². The molecule has 0 heterocycles. The number of aliphatic hydroxyl groups is 3. The molecule has 1 unspecified atom stereocenters. The van der Waals surface area contributed by atoms with E-state index < -0.39 is 54.0 Å². The minimum atomic E-state index is -4.52. The zero-order chi connectivity index (χ0) is 41.5. The molecular weight excluding hydrogens is 747 g/mol. The number of rotatable bonds is 18. The molecule has 0 radical (unpaired) electrons. The van der Waals surface area contributed by atoms with E-state index in [4.69, 9.17) is 18.9 Å². The van der Waals surface area contributed by atoms with Crippen LogP contribution in [0.3, 0.4) is 0 Å². The molecule has 3 aromatic rings. The first-order valence-electron chi connectivity index (χ1n) is 18.5. The molecule has 4 rings (SSSR count). The van der Waals surface area contributed by atoms with Crippen LogP contribution in [0.25, 0.3) is 6.08 Å². The Kier molecular flexibility index (Phi) is 16.5. The number of amides is 1. The van der Waals surface area contributed by atoms with Gasteiger partial charge in [0.25, 0.3) is 0 Å². The number of benzene rings is 3. The highest BCUT2D eigenvalue weighted by molar-refractivity contribution is 5.89. The molecule has 0 spiro atoms. The van der Waals surface area contributed by atoms with Crippen molar-refractivity contribution >= 4 is 23.9 Å². The quantitative estimate of drug-likeness (QED) is 0.0367. The van der Waals surface area contributed by atoms with Gasteiger partial charge in [-0.15, -0.1) is 0 Å². The lowest BCUT2D eigenvalue weighted by Gasteiger charge is -2.19. The molecule has 1 saturated carbocycles. The van der Waals surface area contributed by atoms with E-state index in [2.05, 4.69) is 5.32 Å². The fourth-order valence-electron chi connectivity index (χ4n) is 6.15. The molecular formula is C43H48F3NO10. The first-order valence-corrected chi connectivity index (χ1v) is 18.5. The number of unbranched alkanes of at least 4 members (excludes halogenated alkanes) is 1. The van der Waals surface area contributed by atoms with Gasteiger partial charge in [0.15, 0.2) is 11.5 Å². The summed E-state index contributed by atoms with van der Waals surface area (Å²) in [5.74, 6) is -1.70. The standard InChI is InChI=1S/C43H48F3NO10/c1-27-10-8-13-33(22-27)56-41(52)21-17-29-16-20-38(39(23-29)54-3)57-42(53)28(2)47-40(51)15-7-5-4-6-14-34-35(37(50)25-36(34)49)19-18-31(48)26-55-32-12-9-11-30(24-32)43(44,45)46/h4,6,8-13,16-24,28,31,34-37,48-50H,5,7,14-15,25-26H2,1-3H3,(H,47,51)/b6-4-,19-18+,21-17+/t28?,31-,34-,35-,36+,37-/m1/s1. The van der Waals surface area contributed by atoms with Gasteiger partial charge in [-0.3, -0.25) is 4.79 Å². The average Bonchev–Trinajstić information content (AvgIpc) is 3.44. The number of ether oxygens (including phenoxy) is 4. The number of carbonyl (C=O) groups excluding carboxylic acids is 3. The normalized spacial score (nSPS) is 19.5. The van der Waals surface area contributed by atoms with Crippen molar-refractivity contribution in [3.05, 3.63) is 114 Å². The lowest BCUT2D eigenvalue weighted by atomic mass is 9.89. The lowest BCUT2D eigenvalue weighted by Crippen LogP contribution is -2.40. The van der Waals surface area contributed by atoms with Gasteiger partial charge in [0.1, 0.15) is 30.3 Å². The van der Waals surface area contributed by atoms with Crippen LogP contribution in [-0.4, -0.2) is 71.2 Å². The molecule has 57 heavy (non-hydrogen) atoms. The van der Waals surface area contributed by atoms with Crippen molar-refractivity contribution in [3.63, 3.8) is 0 Å². The molecule has 1 aliphatic rings. The minimum Gasteiger partial charge on any atom is -0.493 e. The Morgan fingerprint density at radius 3 is 2.44 bits per heavy atom. The Morgan fingerprint density at radius 2 is 1.70 bits per heavy atom. The third kappa shape index (κ3) is 14.2. The fraction of sp³-hybridized carbons (Fsp3) is 0.372. The Balaban J connectivity index is 1.17. The minimum absolute atomic E-state index is 0.0444. The number of halogens is 3. The number of esters is 2. The van der Waals surface area contributed by atoms with E-state index in [0.29, 0.717) is 30.6 Å². The average molecular weight is 796 g/mol. The summed E-state index contributed by atoms with van der Waals surface area (Å²) in [5.41, 5.74) is 0.679. The third-order valence-electron chi connectivity index (χ3n) is 9.15. The maximum Gasteiger partial charge on any atom is 0.416 e. The van der Waals surface area contributed by atoms with Gasteiger partial charge in [0.2, 0.25) is 5.91 Å². The predicted octanol–water partition coefficient (Wildman–Crippen LogP) is 6.52. The molecule has 6 atom stereocenters. The molecule has 14 heteroatoms. The highest BCUT2D eigenvalue weighted by Crippen LogP contribution is 2.37. The summed E-state index contributed by atoms with van der Waals surface area (Å²) in [4.78, 5) is 37.6. The van der Waals surface area contributed by atoms with Gasteiger partial charge in [0, 0.05) is 24.8 Å². The van der Waals surface area contributed by atoms with E-state index in [1.807, 2.05) is 25.1 Å². The van der Waals surface area contributed by atoms with Gasteiger partial charge < -0.3 is 39.6 Å². The van der Waals surface area contributed by atoms with Crippen LogP contribution < -0.4 is 24.3 Å². The number of carbonyl (C=O) groups is 3. The molecule has 306 valence electrons. The number of hydrogen-bond acceptors (Lipinski definition) is 10. The van der Waals surface area contributed by atoms with Crippen LogP contribution in [0.5, 0.6) is 23.0 Å². The third-order valence-corrected chi connectivity index (χ3v) is 9.15. The first-order chi connectivity index (χ1) is 27.1. The molecule has 1 aliphatic carbocycles. The maximum absolute atomic E-state index is 13.0. The monoisotopic (exact) mass is 795 g/mol. The Labute approximate surface area is 329 Å². The van der Waals surface area contributed by atoms with E-state index in [1.54, 1.807) is 36.4 Å². The molecule has 0 saturated heterocycles. The molecule has 4 N–H and O–H groups in total. The number of alkyl halides is 3. The Morgan fingerprint density at radius 1 is 0.947 bits per heavy atom. The predicted molar refractivity (Wildman–Crippen MR) is 205 cm³/mol. The maximum atomic E-state index is 13.0. The highest BCUT2D eigenvalue weighted by Gasteiger charge is 2.39. The molecule has 1 fully saturated rings. The topological polar surface area (TPSA) is 161 Å². The number of nitrogens with one attached hydrogen (secondary N) is 1. The smallest absolute Gasteiger partial charge is 0.416 e. The van der Waals surface area contributed by atoms with Gasteiger partial charge in [-0.1, -0.05) is 48.6 Å². The summed E-state index contributed by atoms with van der Waals surface area (Å²) in [6.45, 7) is 3.08. The van der Waals surface area contributed by atoms with Crippen molar-refractivity contribution in [2.45, 2.75) is 76.5 Å². The summed E-state index contributed by atoms with van der Waals surface area (Å²) in [5, 5.41) is 34.0. The highest BCUT2D eigenvalue weighted by atomic mass is 19.4. The van der Waals surface area contributed by atoms with Crippen molar-refractivity contribution in [1.29, 1.82) is 0 Å². The van der Waals surface area contributed by atoms with Gasteiger partial charge in [-0.25, -0.2) is 9.59 Å². The van der Waals surface area contributed by atoms with E-state index in [9.17, 15) is 42.9 Å².